The Morgan fingerprint density at radius 1 is 1.03 bits per heavy atom. The van der Waals surface area contributed by atoms with Crippen molar-refractivity contribution in [3.8, 4) is 5.69 Å². The minimum Gasteiger partial charge on any atom is -0.325 e. The van der Waals surface area contributed by atoms with Crippen LogP contribution in [0, 0.1) is 5.82 Å². The predicted octanol–water partition coefficient (Wildman–Crippen LogP) is 4.85. The molecule has 33 heavy (non-hydrogen) atoms. The SMILES string of the molecule is CC(=O)c1cccc(NC(=O)C(C)Sc2nc3ccccc3c(=O)n2-c2ccc(F)cc2)c1. The minimum atomic E-state index is -0.620. The summed E-state index contributed by atoms with van der Waals surface area (Å²) < 4.78 is 14.9. The molecular formula is C25H20FN3O3S. The molecule has 3 aromatic carbocycles. The number of carbonyl (C=O) groups is 2. The van der Waals surface area contributed by atoms with Crippen molar-refractivity contribution in [2.24, 2.45) is 0 Å². The Morgan fingerprint density at radius 3 is 2.48 bits per heavy atom. The number of hydrogen-bond donors (Lipinski definition) is 1. The van der Waals surface area contributed by atoms with Crippen LogP contribution in [0.1, 0.15) is 24.2 Å². The van der Waals surface area contributed by atoms with Gasteiger partial charge in [-0.1, -0.05) is 36.0 Å². The highest BCUT2D eigenvalue weighted by atomic mass is 32.2. The van der Waals surface area contributed by atoms with Crippen LogP contribution in [0.5, 0.6) is 0 Å². The second kappa shape index (κ2) is 9.38. The molecule has 4 rings (SSSR count). The number of nitrogens with one attached hydrogen (secondary N) is 1. The molecule has 1 atom stereocenters. The lowest BCUT2D eigenvalue weighted by Gasteiger charge is -2.16. The molecule has 4 aromatic rings. The number of amides is 1. The summed E-state index contributed by atoms with van der Waals surface area (Å²) in [7, 11) is 0. The van der Waals surface area contributed by atoms with Gasteiger partial charge in [-0.2, -0.15) is 0 Å². The number of benzene rings is 3. The molecule has 0 aliphatic rings. The van der Waals surface area contributed by atoms with Crippen LogP contribution >= 0.6 is 11.8 Å². The summed E-state index contributed by atoms with van der Waals surface area (Å²) in [5.74, 6) is -0.832. The quantitative estimate of drug-likeness (QED) is 0.252. The van der Waals surface area contributed by atoms with Gasteiger partial charge in [0, 0.05) is 11.3 Å². The molecule has 0 saturated heterocycles. The summed E-state index contributed by atoms with van der Waals surface area (Å²) in [6.07, 6.45) is 0. The molecule has 6 nitrogen and oxygen atoms in total. The molecule has 0 fully saturated rings. The molecule has 8 heteroatoms. The maximum Gasteiger partial charge on any atom is 0.266 e. The summed E-state index contributed by atoms with van der Waals surface area (Å²) in [6.45, 7) is 3.16. The first-order chi connectivity index (χ1) is 15.8. The summed E-state index contributed by atoms with van der Waals surface area (Å²) in [4.78, 5) is 42.3. The molecule has 1 N–H and O–H groups in total. The van der Waals surface area contributed by atoms with E-state index < -0.39 is 11.1 Å². The fraction of sp³-hybridized carbons (Fsp3) is 0.120. The van der Waals surface area contributed by atoms with Crippen LogP contribution in [0.25, 0.3) is 16.6 Å². The number of thioether (sulfide) groups is 1. The van der Waals surface area contributed by atoms with Crippen molar-refractivity contribution >= 4 is 40.0 Å². The van der Waals surface area contributed by atoms with E-state index >= 15 is 0 Å². The third-order valence-electron chi connectivity index (χ3n) is 5.02. The highest BCUT2D eigenvalue weighted by Gasteiger charge is 2.20. The van der Waals surface area contributed by atoms with E-state index in [4.69, 9.17) is 0 Å². The first kappa shape index (κ1) is 22.4. The number of carbonyl (C=O) groups excluding carboxylic acids is 2. The zero-order chi connectivity index (χ0) is 23.5. The average Bonchev–Trinajstić information content (AvgIpc) is 2.80. The second-order valence-corrected chi connectivity index (χ2v) is 8.72. The number of halogens is 1. The highest BCUT2D eigenvalue weighted by Crippen LogP contribution is 2.26. The van der Waals surface area contributed by atoms with Gasteiger partial charge in [0.2, 0.25) is 5.91 Å². The first-order valence-corrected chi connectivity index (χ1v) is 11.1. The molecule has 0 aliphatic heterocycles. The molecule has 1 heterocycles. The molecule has 1 amide bonds. The van der Waals surface area contributed by atoms with Crippen LogP contribution in [0.15, 0.2) is 82.7 Å². The highest BCUT2D eigenvalue weighted by molar-refractivity contribution is 8.00. The Balaban J connectivity index is 1.68. The standard InChI is InChI=1S/C25H20FN3O3S/c1-15(30)17-6-5-7-19(14-17)27-23(31)16(2)33-25-28-22-9-4-3-8-21(22)24(32)29(25)20-12-10-18(26)11-13-20/h3-14,16H,1-2H3,(H,27,31). The fourth-order valence-corrected chi connectivity index (χ4v) is 4.21. The topological polar surface area (TPSA) is 81.1 Å². The van der Waals surface area contributed by atoms with Crippen molar-refractivity contribution < 1.29 is 14.0 Å². The molecule has 1 aromatic heterocycles. The normalized spacial score (nSPS) is 11.8. The lowest BCUT2D eigenvalue weighted by molar-refractivity contribution is -0.115. The molecule has 0 spiro atoms. The van der Waals surface area contributed by atoms with Crippen molar-refractivity contribution in [1.82, 2.24) is 9.55 Å². The molecule has 0 aliphatic carbocycles. The minimum absolute atomic E-state index is 0.0998. The third kappa shape index (κ3) is 4.85. The Hall–Kier alpha value is -3.78. The molecular weight excluding hydrogens is 441 g/mol. The summed E-state index contributed by atoms with van der Waals surface area (Å²) >= 11 is 1.12. The fourth-order valence-electron chi connectivity index (χ4n) is 3.28. The molecule has 0 saturated carbocycles. The Labute approximate surface area is 193 Å². The molecule has 166 valence electrons. The second-order valence-electron chi connectivity index (χ2n) is 7.41. The van der Waals surface area contributed by atoms with Gasteiger partial charge in [0.15, 0.2) is 10.9 Å². The van der Waals surface area contributed by atoms with E-state index in [0.717, 1.165) is 11.8 Å². The van der Waals surface area contributed by atoms with Crippen molar-refractivity contribution in [2.75, 3.05) is 5.32 Å². The predicted molar refractivity (Wildman–Crippen MR) is 128 cm³/mol. The number of aromatic nitrogens is 2. The number of ketones is 1. The van der Waals surface area contributed by atoms with Gasteiger partial charge in [0.1, 0.15) is 5.82 Å². The summed E-state index contributed by atoms with van der Waals surface area (Å²) in [5.41, 5.74) is 1.64. The number of Topliss-reactive ketones (excluding diaryl/α,β-unsaturated/α-hetero) is 1. The number of hydrogen-bond acceptors (Lipinski definition) is 5. The van der Waals surface area contributed by atoms with E-state index in [1.165, 1.54) is 35.8 Å². The van der Waals surface area contributed by atoms with Gasteiger partial charge in [0.05, 0.1) is 21.8 Å². The number of fused-ring (bicyclic) bond motifs is 1. The lowest BCUT2D eigenvalue weighted by atomic mass is 10.1. The third-order valence-corrected chi connectivity index (χ3v) is 6.07. The van der Waals surface area contributed by atoms with Crippen LogP contribution < -0.4 is 10.9 Å². The first-order valence-electron chi connectivity index (χ1n) is 10.2. The Kier molecular flexibility index (Phi) is 6.37. The number of para-hydroxylation sites is 1. The smallest absolute Gasteiger partial charge is 0.266 e. The van der Waals surface area contributed by atoms with Gasteiger partial charge in [0.25, 0.3) is 5.56 Å². The molecule has 0 bridgehead atoms. The monoisotopic (exact) mass is 461 g/mol. The Morgan fingerprint density at radius 2 is 1.76 bits per heavy atom. The van der Waals surface area contributed by atoms with Gasteiger partial charge in [-0.05, 0) is 62.4 Å². The van der Waals surface area contributed by atoms with E-state index in [1.54, 1.807) is 55.5 Å². The summed E-state index contributed by atoms with van der Waals surface area (Å²) in [6, 6.07) is 19.1. The van der Waals surface area contributed by atoms with Gasteiger partial charge >= 0.3 is 0 Å². The van der Waals surface area contributed by atoms with Crippen molar-refractivity contribution in [2.45, 2.75) is 24.3 Å². The largest absolute Gasteiger partial charge is 0.325 e. The van der Waals surface area contributed by atoms with Gasteiger partial charge < -0.3 is 5.32 Å². The van der Waals surface area contributed by atoms with E-state index in [-0.39, 0.29) is 17.2 Å². The van der Waals surface area contributed by atoms with Crippen LogP contribution in [0.3, 0.4) is 0 Å². The van der Waals surface area contributed by atoms with E-state index in [9.17, 15) is 18.8 Å². The van der Waals surface area contributed by atoms with Crippen molar-refractivity contribution in [3.63, 3.8) is 0 Å². The zero-order valence-electron chi connectivity index (χ0n) is 17.9. The van der Waals surface area contributed by atoms with Crippen LogP contribution in [-0.2, 0) is 4.79 Å². The number of rotatable bonds is 6. The number of nitrogens with zero attached hydrogens (tertiary/aromatic N) is 2. The zero-order valence-corrected chi connectivity index (χ0v) is 18.7. The lowest BCUT2D eigenvalue weighted by Crippen LogP contribution is -2.26. The van der Waals surface area contributed by atoms with Gasteiger partial charge in [-0.25, -0.2) is 9.37 Å². The van der Waals surface area contributed by atoms with Gasteiger partial charge in [-0.15, -0.1) is 0 Å². The molecule has 1 unspecified atom stereocenters. The maximum absolute atomic E-state index is 13.5. The van der Waals surface area contributed by atoms with E-state index in [0.29, 0.717) is 33.0 Å². The summed E-state index contributed by atoms with van der Waals surface area (Å²) in [5, 5.41) is 2.91. The van der Waals surface area contributed by atoms with Gasteiger partial charge in [-0.3, -0.25) is 19.0 Å². The van der Waals surface area contributed by atoms with Crippen LogP contribution in [-0.4, -0.2) is 26.5 Å². The van der Waals surface area contributed by atoms with Crippen molar-refractivity contribution in [1.29, 1.82) is 0 Å². The average molecular weight is 462 g/mol. The Bertz CT molecular complexity index is 1420. The van der Waals surface area contributed by atoms with E-state index in [2.05, 4.69) is 10.3 Å². The number of anilines is 1. The van der Waals surface area contributed by atoms with Crippen molar-refractivity contribution in [3.05, 3.63) is 94.5 Å². The molecule has 0 radical (unpaired) electrons. The van der Waals surface area contributed by atoms with Crippen LogP contribution in [0.2, 0.25) is 0 Å². The van der Waals surface area contributed by atoms with Crippen LogP contribution in [0.4, 0.5) is 10.1 Å². The van der Waals surface area contributed by atoms with E-state index in [1.807, 2.05) is 0 Å². The maximum atomic E-state index is 13.5.